The lowest BCUT2D eigenvalue weighted by atomic mass is 10.3. The summed E-state index contributed by atoms with van der Waals surface area (Å²) < 4.78 is 15.8. The number of benzene rings is 1. The lowest BCUT2D eigenvalue weighted by molar-refractivity contribution is -0.129. The maximum absolute atomic E-state index is 11.8. The molecule has 1 aromatic rings. The van der Waals surface area contributed by atoms with Gasteiger partial charge in [-0.05, 0) is 24.3 Å². The third-order valence-electron chi connectivity index (χ3n) is 3.93. The quantitative estimate of drug-likeness (QED) is 0.449. The fraction of sp³-hybridized carbons (Fsp3) is 0.556. The molecular weight excluding hydrogens is 338 g/mol. The standard InChI is InChI=1S/C18H27N3O5/c1-24-15-2-4-16(5-3-15)26-11-7-20-18(23)14-17(22)19-6-8-21-9-12-25-13-10-21/h2-5H,6-14H2,1H3,(H,19,22)(H,20,23). The van der Waals surface area contributed by atoms with Crippen LogP contribution in [0.5, 0.6) is 11.5 Å². The summed E-state index contributed by atoms with van der Waals surface area (Å²) in [6, 6.07) is 7.19. The molecule has 1 aliphatic rings. The summed E-state index contributed by atoms with van der Waals surface area (Å²) >= 11 is 0. The van der Waals surface area contributed by atoms with Gasteiger partial charge in [-0.1, -0.05) is 0 Å². The van der Waals surface area contributed by atoms with Crippen molar-refractivity contribution in [1.29, 1.82) is 0 Å². The molecule has 2 rings (SSSR count). The molecule has 2 N–H and O–H groups in total. The molecule has 0 atom stereocenters. The van der Waals surface area contributed by atoms with E-state index in [2.05, 4.69) is 15.5 Å². The Labute approximate surface area is 153 Å². The maximum Gasteiger partial charge on any atom is 0.229 e. The Morgan fingerprint density at radius 2 is 1.65 bits per heavy atom. The Morgan fingerprint density at radius 1 is 1.04 bits per heavy atom. The number of carbonyl (C=O) groups excluding carboxylic acids is 2. The predicted octanol–water partition coefficient (Wildman–Crippen LogP) is 0.0287. The molecule has 0 radical (unpaired) electrons. The van der Waals surface area contributed by atoms with Gasteiger partial charge in [-0.2, -0.15) is 0 Å². The highest BCUT2D eigenvalue weighted by Gasteiger charge is 2.12. The van der Waals surface area contributed by atoms with E-state index in [4.69, 9.17) is 14.2 Å². The van der Waals surface area contributed by atoms with E-state index in [1.807, 2.05) is 0 Å². The van der Waals surface area contributed by atoms with Crippen LogP contribution in [0.3, 0.4) is 0 Å². The number of hydrogen-bond donors (Lipinski definition) is 2. The molecule has 1 aliphatic heterocycles. The summed E-state index contributed by atoms with van der Waals surface area (Å²) in [6.07, 6.45) is -0.175. The highest BCUT2D eigenvalue weighted by molar-refractivity contribution is 5.96. The first-order valence-corrected chi connectivity index (χ1v) is 8.78. The highest BCUT2D eigenvalue weighted by atomic mass is 16.5. The van der Waals surface area contributed by atoms with Crippen LogP contribution < -0.4 is 20.1 Å². The summed E-state index contributed by atoms with van der Waals surface area (Å²) in [7, 11) is 1.60. The lowest BCUT2D eigenvalue weighted by Crippen LogP contribution is -2.42. The van der Waals surface area contributed by atoms with Crippen LogP contribution >= 0.6 is 0 Å². The monoisotopic (exact) mass is 365 g/mol. The molecule has 0 spiro atoms. The number of rotatable bonds is 10. The summed E-state index contributed by atoms with van der Waals surface area (Å²) in [6.45, 7) is 5.20. The molecule has 1 saturated heterocycles. The van der Waals surface area contributed by atoms with Gasteiger partial charge in [-0.3, -0.25) is 14.5 Å². The van der Waals surface area contributed by atoms with Crippen LogP contribution in [0.25, 0.3) is 0 Å². The normalized spacial score (nSPS) is 14.5. The van der Waals surface area contributed by atoms with E-state index < -0.39 is 0 Å². The summed E-state index contributed by atoms with van der Waals surface area (Å²) in [4.78, 5) is 25.7. The molecule has 1 fully saturated rings. The second-order valence-electron chi connectivity index (χ2n) is 5.85. The van der Waals surface area contributed by atoms with Crippen molar-refractivity contribution in [1.82, 2.24) is 15.5 Å². The van der Waals surface area contributed by atoms with Gasteiger partial charge in [0.05, 0.1) is 26.9 Å². The summed E-state index contributed by atoms with van der Waals surface area (Å²) in [5, 5.41) is 5.43. The topological polar surface area (TPSA) is 89.1 Å². The van der Waals surface area contributed by atoms with Crippen molar-refractivity contribution in [3.8, 4) is 11.5 Å². The van der Waals surface area contributed by atoms with Gasteiger partial charge < -0.3 is 24.8 Å². The molecule has 0 saturated carbocycles. The van der Waals surface area contributed by atoms with E-state index in [-0.39, 0.29) is 18.2 Å². The van der Waals surface area contributed by atoms with Gasteiger partial charge in [0.1, 0.15) is 24.5 Å². The minimum Gasteiger partial charge on any atom is -0.497 e. The van der Waals surface area contributed by atoms with E-state index in [1.54, 1.807) is 31.4 Å². The van der Waals surface area contributed by atoms with E-state index >= 15 is 0 Å². The third-order valence-corrected chi connectivity index (χ3v) is 3.93. The summed E-state index contributed by atoms with van der Waals surface area (Å²) in [5.41, 5.74) is 0. The van der Waals surface area contributed by atoms with Crippen LogP contribution in [-0.4, -0.2) is 76.4 Å². The van der Waals surface area contributed by atoms with Crippen LogP contribution in [-0.2, 0) is 14.3 Å². The van der Waals surface area contributed by atoms with E-state index in [1.165, 1.54) is 0 Å². The van der Waals surface area contributed by atoms with Gasteiger partial charge in [0.15, 0.2) is 0 Å². The van der Waals surface area contributed by atoms with E-state index in [0.717, 1.165) is 38.6 Å². The molecule has 8 heteroatoms. The van der Waals surface area contributed by atoms with Crippen LogP contribution in [0.4, 0.5) is 0 Å². The van der Waals surface area contributed by atoms with Crippen molar-refractivity contribution in [2.24, 2.45) is 0 Å². The van der Waals surface area contributed by atoms with Crippen LogP contribution in [0.2, 0.25) is 0 Å². The molecule has 0 unspecified atom stereocenters. The summed E-state index contributed by atoms with van der Waals surface area (Å²) in [5.74, 6) is 0.866. The Kier molecular flexibility index (Phi) is 8.71. The predicted molar refractivity (Wildman–Crippen MR) is 96.4 cm³/mol. The number of nitrogens with one attached hydrogen (secondary N) is 2. The van der Waals surface area contributed by atoms with Crippen LogP contribution in [0.1, 0.15) is 6.42 Å². The molecule has 0 aromatic heterocycles. The Balaban J connectivity index is 1.51. The smallest absolute Gasteiger partial charge is 0.229 e. The van der Waals surface area contributed by atoms with Gasteiger partial charge in [-0.15, -0.1) is 0 Å². The zero-order chi connectivity index (χ0) is 18.6. The molecule has 0 bridgehead atoms. The molecule has 0 aliphatic carbocycles. The molecular formula is C18H27N3O5. The molecule has 8 nitrogen and oxygen atoms in total. The highest BCUT2D eigenvalue weighted by Crippen LogP contribution is 2.16. The molecule has 2 amide bonds. The average Bonchev–Trinajstić information content (AvgIpc) is 2.66. The van der Waals surface area contributed by atoms with Gasteiger partial charge in [0, 0.05) is 26.2 Å². The Hall–Kier alpha value is -2.32. The fourth-order valence-corrected chi connectivity index (χ4v) is 2.48. The Morgan fingerprint density at radius 3 is 2.31 bits per heavy atom. The van der Waals surface area contributed by atoms with Gasteiger partial charge in [0.25, 0.3) is 0 Å². The number of morpholine rings is 1. The minimum atomic E-state index is -0.313. The molecule has 144 valence electrons. The fourth-order valence-electron chi connectivity index (χ4n) is 2.48. The number of hydrogen-bond acceptors (Lipinski definition) is 6. The van der Waals surface area contributed by atoms with Gasteiger partial charge in [-0.25, -0.2) is 0 Å². The second-order valence-corrected chi connectivity index (χ2v) is 5.85. The van der Waals surface area contributed by atoms with Crippen LogP contribution in [0, 0.1) is 0 Å². The first kappa shape index (κ1) is 20.0. The largest absolute Gasteiger partial charge is 0.497 e. The van der Waals surface area contributed by atoms with Crippen molar-refractivity contribution < 1.29 is 23.8 Å². The number of carbonyl (C=O) groups is 2. The number of nitrogens with zero attached hydrogens (tertiary/aromatic N) is 1. The number of ether oxygens (including phenoxy) is 3. The minimum absolute atomic E-state index is 0.175. The third kappa shape index (κ3) is 7.71. The maximum atomic E-state index is 11.8. The van der Waals surface area contributed by atoms with Crippen molar-refractivity contribution in [2.75, 3.05) is 59.7 Å². The van der Waals surface area contributed by atoms with E-state index in [9.17, 15) is 9.59 Å². The average molecular weight is 365 g/mol. The molecule has 1 aromatic carbocycles. The Bertz CT molecular complexity index is 558. The first-order chi connectivity index (χ1) is 12.7. The number of methoxy groups -OCH3 is 1. The van der Waals surface area contributed by atoms with Gasteiger partial charge >= 0.3 is 0 Å². The van der Waals surface area contributed by atoms with Crippen molar-refractivity contribution in [3.63, 3.8) is 0 Å². The van der Waals surface area contributed by atoms with Crippen LogP contribution in [0.15, 0.2) is 24.3 Å². The first-order valence-electron chi connectivity index (χ1n) is 8.78. The van der Waals surface area contributed by atoms with Crippen molar-refractivity contribution in [2.45, 2.75) is 6.42 Å². The zero-order valence-corrected chi connectivity index (χ0v) is 15.2. The van der Waals surface area contributed by atoms with Crippen molar-refractivity contribution in [3.05, 3.63) is 24.3 Å². The molecule has 26 heavy (non-hydrogen) atoms. The number of amides is 2. The lowest BCUT2D eigenvalue weighted by Gasteiger charge is -2.26. The van der Waals surface area contributed by atoms with E-state index in [0.29, 0.717) is 25.4 Å². The van der Waals surface area contributed by atoms with Crippen molar-refractivity contribution >= 4 is 11.8 Å². The second kappa shape index (κ2) is 11.3. The molecule has 1 heterocycles. The SMILES string of the molecule is COc1ccc(OCCNC(=O)CC(=O)NCCN2CCOCC2)cc1. The zero-order valence-electron chi connectivity index (χ0n) is 15.2. The van der Waals surface area contributed by atoms with Gasteiger partial charge in [0.2, 0.25) is 11.8 Å².